The van der Waals surface area contributed by atoms with Gasteiger partial charge in [0.2, 0.25) is 11.9 Å². The first-order valence-corrected chi connectivity index (χ1v) is 12.8. The number of aromatic nitrogens is 3. The van der Waals surface area contributed by atoms with Crippen LogP contribution in [0.3, 0.4) is 0 Å². The van der Waals surface area contributed by atoms with Crippen LogP contribution < -0.4 is 16.6 Å². The SMILES string of the molecule is [CH2]C(NC(=O)[C@@H](C)c1ccc(CC(C)C)cc1)c1cc(C=O)ccc1CCc1c[nH]c2nc(N)[nH]c(=O)c12. The van der Waals surface area contributed by atoms with E-state index in [9.17, 15) is 14.4 Å². The van der Waals surface area contributed by atoms with Gasteiger partial charge >= 0.3 is 0 Å². The number of fused-ring (bicyclic) bond motifs is 1. The van der Waals surface area contributed by atoms with E-state index in [2.05, 4.69) is 53.2 Å². The van der Waals surface area contributed by atoms with Crippen molar-refractivity contribution < 1.29 is 9.59 Å². The number of aldehydes is 1. The Labute approximate surface area is 222 Å². The van der Waals surface area contributed by atoms with Crippen molar-refractivity contribution in [3.63, 3.8) is 0 Å². The first-order valence-electron chi connectivity index (χ1n) is 12.8. The smallest absolute Gasteiger partial charge is 0.262 e. The van der Waals surface area contributed by atoms with E-state index in [1.807, 2.05) is 25.1 Å². The van der Waals surface area contributed by atoms with Crippen LogP contribution in [-0.2, 0) is 24.1 Å². The van der Waals surface area contributed by atoms with Crippen LogP contribution in [-0.4, -0.2) is 27.1 Å². The third-order valence-electron chi connectivity index (χ3n) is 6.82. The van der Waals surface area contributed by atoms with Gasteiger partial charge in [0.25, 0.3) is 5.56 Å². The summed E-state index contributed by atoms with van der Waals surface area (Å²) in [5, 5.41) is 3.49. The quantitative estimate of drug-likeness (QED) is 0.233. The lowest BCUT2D eigenvalue weighted by Crippen LogP contribution is -2.31. The molecule has 0 saturated heterocycles. The predicted molar refractivity (Wildman–Crippen MR) is 150 cm³/mol. The van der Waals surface area contributed by atoms with E-state index >= 15 is 0 Å². The fourth-order valence-electron chi connectivity index (χ4n) is 4.77. The fourth-order valence-corrected chi connectivity index (χ4v) is 4.77. The zero-order chi connectivity index (χ0) is 27.4. The van der Waals surface area contributed by atoms with Crippen molar-refractivity contribution in [2.45, 2.75) is 52.0 Å². The number of hydrogen-bond donors (Lipinski definition) is 4. The molecule has 0 aliphatic heterocycles. The minimum atomic E-state index is -0.562. The van der Waals surface area contributed by atoms with Crippen LogP contribution in [0.2, 0.25) is 0 Å². The molecule has 197 valence electrons. The van der Waals surface area contributed by atoms with Crippen molar-refractivity contribution in [3.8, 4) is 0 Å². The number of anilines is 1. The Kier molecular flexibility index (Phi) is 8.10. The lowest BCUT2D eigenvalue weighted by molar-refractivity contribution is -0.122. The van der Waals surface area contributed by atoms with Crippen LogP contribution in [0.25, 0.3) is 11.0 Å². The summed E-state index contributed by atoms with van der Waals surface area (Å²) in [6.45, 7) is 10.4. The molecule has 1 radical (unpaired) electrons. The molecule has 2 aromatic heterocycles. The maximum absolute atomic E-state index is 13.1. The van der Waals surface area contributed by atoms with E-state index < -0.39 is 6.04 Å². The van der Waals surface area contributed by atoms with E-state index in [0.717, 1.165) is 35.0 Å². The molecule has 2 aromatic carbocycles. The number of benzene rings is 2. The Morgan fingerprint density at radius 2 is 1.82 bits per heavy atom. The largest absolute Gasteiger partial charge is 0.369 e. The maximum atomic E-state index is 13.1. The van der Waals surface area contributed by atoms with Gasteiger partial charge in [-0.05, 0) is 72.9 Å². The third-order valence-corrected chi connectivity index (χ3v) is 6.82. The first-order chi connectivity index (χ1) is 18.2. The Hall–Kier alpha value is -4.20. The monoisotopic (exact) mass is 512 g/mol. The van der Waals surface area contributed by atoms with Gasteiger partial charge in [-0.1, -0.05) is 50.2 Å². The summed E-state index contributed by atoms with van der Waals surface area (Å²) in [6, 6.07) is 13.0. The van der Waals surface area contributed by atoms with Crippen LogP contribution in [0.1, 0.15) is 70.9 Å². The lowest BCUT2D eigenvalue weighted by Gasteiger charge is -2.21. The number of H-pyrrole nitrogens is 2. The number of amides is 1. The van der Waals surface area contributed by atoms with Gasteiger partial charge in [-0.2, -0.15) is 4.98 Å². The van der Waals surface area contributed by atoms with Crippen molar-refractivity contribution >= 4 is 29.2 Å². The summed E-state index contributed by atoms with van der Waals surface area (Å²) < 4.78 is 0. The van der Waals surface area contributed by atoms with E-state index in [4.69, 9.17) is 5.73 Å². The molecule has 0 saturated carbocycles. The number of carbonyl (C=O) groups excluding carboxylic acids is 2. The Morgan fingerprint density at radius 3 is 2.50 bits per heavy atom. The third kappa shape index (κ3) is 6.02. The van der Waals surface area contributed by atoms with Gasteiger partial charge in [-0.15, -0.1) is 0 Å². The van der Waals surface area contributed by atoms with E-state index in [1.165, 1.54) is 5.56 Å². The molecule has 1 unspecified atom stereocenters. The number of hydrogen-bond acceptors (Lipinski definition) is 5. The minimum Gasteiger partial charge on any atom is -0.369 e. The molecule has 1 amide bonds. The number of nitrogen functional groups attached to an aromatic ring is 1. The lowest BCUT2D eigenvalue weighted by atomic mass is 9.93. The molecule has 8 nitrogen and oxygen atoms in total. The molecule has 0 aliphatic carbocycles. The van der Waals surface area contributed by atoms with Gasteiger partial charge in [0.05, 0.1) is 17.3 Å². The summed E-state index contributed by atoms with van der Waals surface area (Å²) >= 11 is 0. The molecule has 2 heterocycles. The molecule has 0 aliphatic rings. The minimum absolute atomic E-state index is 0.0546. The molecule has 8 heteroatoms. The van der Waals surface area contributed by atoms with Gasteiger partial charge in [-0.3, -0.25) is 19.4 Å². The average molecular weight is 513 g/mol. The van der Waals surface area contributed by atoms with Crippen LogP contribution in [0.15, 0.2) is 53.5 Å². The van der Waals surface area contributed by atoms with Crippen molar-refractivity contribution in [1.82, 2.24) is 20.3 Å². The highest BCUT2D eigenvalue weighted by atomic mass is 16.2. The number of nitrogens with two attached hydrogens (primary N) is 1. The number of nitrogens with one attached hydrogen (secondary N) is 3. The molecule has 2 atom stereocenters. The Bertz CT molecular complexity index is 1500. The van der Waals surface area contributed by atoms with Gasteiger partial charge in [-0.25, -0.2) is 0 Å². The normalized spacial score (nSPS) is 13.0. The van der Waals surface area contributed by atoms with Crippen molar-refractivity contribution in [2.75, 3.05) is 5.73 Å². The van der Waals surface area contributed by atoms with Crippen molar-refractivity contribution in [1.29, 1.82) is 0 Å². The highest BCUT2D eigenvalue weighted by Gasteiger charge is 2.20. The van der Waals surface area contributed by atoms with Gasteiger partial charge in [0.15, 0.2) is 0 Å². The molecule has 4 aromatic rings. The summed E-state index contributed by atoms with van der Waals surface area (Å²) in [7, 11) is 0. The Morgan fingerprint density at radius 1 is 1.11 bits per heavy atom. The zero-order valence-corrected chi connectivity index (χ0v) is 22.0. The highest BCUT2D eigenvalue weighted by molar-refractivity contribution is 5.84. The highest BCUT2D eigenvalue weighted by Crippen LogP contribution is 2.24. The fraction of sp³-hybridized carbons (Fsp3) is 0.300. The van der Waals surface area contributed by atoms with Crippen LogP contribution >= 0.6 is 0 Å². The number of carbonyl (C=O) groups is 2. The summed E-state index contributed by atoms with van der Waals surface area (Å²) in [5.74, 6) is 0.120. The second kappa shape index (κ2) is 11.5. The van der Waals surface area contributed by atoms with E-state index in [1.54, 1.807) is 18.3 Å². The van der Waals surface area contributed by atoms with E-state index in [0.29, 0.717) is 35.4 Å². The molecule has 4 rings (SSSR count). The van der Waals surface area contributed by atoms with Crippen molar-refractivity contribution in [3.05, 3.63) is 99.3 Å². The predicted octanol–water partition coefficient (Wildman–Crippen LogP) is 4.42. The van der Waals surface area contributed by atoms with Gasteiger partial charge in [0.1, 0.15) is 11.9 Å². The first kappa shape index (κ1) is 26.9. The zero-order valence-electron chi connectivity index (χ0n) is 22.0. The van der Waals surface area contributed by atoms with Crippen LogP contribution in [0.5, 0.6) is 0 Å². The molecule has 38 heavy (non-hydrogen) atoms. The maximum Gasteiger partial charge on any atom is 0.262 e. The molecule has 0 fully saturated rings. The van der Waals surface area contributed by atoms with Gasteiger partial charge < -0.3 is 16.0 Å². The number of aryl methyl sites for hydroxylation is 2. The Balaban J connectivity index is 1.51. The van der Waals surface area contributed by atoms with Crippen LogP contribution in [0, 0.1) is 12.8 Å². The number of rotatable bonds is 10. The number of aromatic amines is 2. The summed E-state index contributed by atoms with van der Waals surface area (Å²) in [6.07, 6.45) is 4.64. The summed E-state index contributed by atoms with van der Waals surface area (Å²) in [4.78, 5) is 46.7. The summed E-state index contributed by atoms with van der Waals surface area (Å²) in [5.41, 5.74) is 11.0. The van der Waals surface area contributed by atoms with E-state index in [-0.39, 0.29) is 23.3 Å². The second-order valence-corrected chi connectivity index (χ2v) is 10.2. The van der Waals surface area contributed by atoms with Gasteiger partial charge in [0, 0.05) is 11.8 Å². The molecule has 5 N–H and O–H groups in total. The standard InChI is InChI=1S/C30H34N5O3/c1-17(2)13-20-5-8-22(9-6-20)18(3)28(37)33-19(4)25-14-21(16-36)7-10-23(25)11-12-24-15-32-27-26(24)29(38)35-30(31)34-27/h5-10,14-19H,4,11-13H2,1-3H3,(H,33,37)(H4,31,32,34,35,38)/t18-,19?/m0/s1. The molecular weight excluding hydrogens is 478 g/mol. The van der Waals surface area contributed by atoms with Crippen molar-refractivity contribution in [2.24, 2.45) is 5.92 Å². The molecular formula is C30H34N5O3. The topological polar surface area (TPSA) is 134 Å². The second-order valence-electron chi connectivity index (χ2n) is 10.2. The molecule has 0 bridgehead atoms. The number of nitrogens with zero attached hydrogens (tertiary/aromatic N) is 1. The average Bonchev–Trinajstić information content (AvgIpc) is 3.30. The van der Waals surface area contributed by atoms with Crippen LogP contribution in [0.4, 0.5) is 5.95 Å². The molecule has 0 spiro atoms.